The number of fused-ring (bicyclic) bond motifs is 1. The van der Waals surface area contributed by atoms with Gasteiger partial charge in [0.05, 0.1) is 12.0 Å². The number of hydrogen-bond acceptors (Lipinski definition) is 12. The van der Waals surface area contributed by atoms with E-state index < -0.39 is 60.5 Å². The van der Waals surface area contributed by atoms with Crippen LogP contribution in [0.25, 0.3) is 11.0 Å². The number of nitrogens with two attached hydrogens (primary N) is 1. The number of carboxylic acids is 2. The van der Waals surface area contributed by atoms with Crippen LogP contribution in [0.1, 0.15) is 34.3 Å². The third-order valence-corrected chi connectivity index (χ3v) is 6.22. The van der Waals surface area contributed by atoms with Crippen molar-refractivity contribution >= 4 is 144 Å². The van der Waals surface area contributed by atoms with E-state index in [0.29, 0.717) is 23.9 Å². The van der Waals surface area contributed by atoms with E-state index >= 15 is 0 Å². The minimum absolute atomic E-state index is 0. The Kier molecular flexibility index (Phi) is 20.8. The fraction of sp³-hybridized carbons (Fsp3) is 0.385. The molecule has 0 saturated heterocycles. The molecule has 19 heteroatoms. The first-order valence-corrected chi connectivity index (χ1v) is 12.8. The molecule has 1 amide bonds. The number of hydrogen-bond donors (Lipinski definition) is 11. The number of nitrogen functional groups attached to an aromatic ring is 1. The summed E-state index contributed by atoms with van der Waals surface area (Å²) in [4.78, 5) is 65.6. The number of nitrogens with one attached hydrogen (secondary N) is 3. The average molecular weight is 688 g/mol. The number of carbonyl (C=O) groups is 4. The quantitative estimate of drug-likeness (QED) is 0.0569. The number of aliphatic hydroxyl groups is 5. The Morgan fingerprint density at radius 3 is 2.16 bits per heavy atom. The number of nitrogens with zero attached hydrogens (tertiary/aromatic N) is 1. The molecule has 0 bridgehead atoms. The van der Waals surface area contributed by atoms with Crippen LogP contribution in [0.4, 0.5) is 5.95 Å². The topological polar surface area (TPSA) is 309 Å². The number of aliphatic hydroxyl groups excluding tert-OH is 5. The summed E-state index contributed by atoms with van der Waals surface area (Å²) >= 11 is 0. The van der Waals surface area contributed by atoms with Crippen molar-refractivity contribution in [2.24, 2.45) is 0 Å². The third kappa shape index (κ3) is 13.7. The summed E-state index contributed by atoms with van der Waals surface area (Å²) in [7, 11) is 0. The summed E-state index contributed by atoms with van der Waals surface area (Å²) in [5.74, 6) is -3.00. The minimum atomic E-state index is -1.79. The number of amides is 1. The van der Waals surface area contributed by atoms with Crippen LogP contribution in [-0.2, 0) is 27.2 Å². The molecule has 3 rings (SSSR count). The molecule has 238 valence electrons. The van der Waals surface area contributed by atoms with Gasteiger partial charge in [0, 0.05) is 18.2 Å². The Balaban J connectivity index is 0.00000118. The van der Waals surface area contributed by atoms with Gasteiger partial charge in [-0.2, -0.15) is 4.98 Å². The number of rotatable bonds is 14. The Hall–Kier alpha value is -1.41. The van der Waals surface area contributed by atoms with Gasteiger partial charge in [-0.15, -0.1) is 0 Å². The summed E-state index contributed by atoms with van der Waals surface area (Å²) in [6, 6.07) is 5.30. The van der Waals surface area contributed by atoms with Gasteiger partial charge < -0.3 is 61.6 Å². The van der Waals surface area contributed by atoms with Crippen molar-refractivity contribution < 1.29 is 54.9 Å². The molecule has 45 heavy (non-hydrogen) atoms. The number of aldehydes is 1. The standard InChI is InChI=1S/C20H21N5O6.C6H12O6.2K.2H/c21-20-24-16-15(18(29)25-20)12(9-22-16)6-3-10-1-4-11(5-2-10)17(28)23-13(19(30)31)7-8-14(26)27;7-1-3(9)5(11)6(12)4(10)2-8;;;;/h1-2,4-5,9,13H,3,6-8H2,(H,23,28)(H,26,27)(H,30,31)(H4,21,22,24,25,29);1,3-6,8-12H,2H2;;;;/t13-;3-,4+,5+,6+;;;;/m00..../s1. The van der Waals surface area contributed by atoms with Gasteiger partial charge in [-0.3, -0.25) is 14.4 Å². The van der Waals surface area contributed by atoms with Crippen LogP contribution in [0.3, 0.4) is 0 Å². The van der Waals surface area contributed by atoms with Gasteiger partial charge in [0.1, 0.15) is 36.1 Å². The van der Waals surface area contributed by atoms with Gasteiger partial charge in [-0.1, -0.05) is 12.1 Å². The van der Waals surface area contributed by atoms with E-state index in [1.807, 2.05) is 0 Å². The summed E-state index contributed by atoms with van der Waals surface area (Å²) < 4.78 is 0. The van der Waals surface area contributed by atoms with Crippen LogP contribution in [0.5, 0.6) is 0 Å². The summed E-state index contributed by atoms with van der Waals surface area (Å²) in [5.41, 5.74) is 7.59. The third-order valence-electron chi connectivity index (χ3n) is 6.22. The first kappa shape index (κ1) is 43.6. The molecule has 0 aliphatic heterocycles. The molecule has 12 N–H and O–H groups in total. The number of carboxylic acid groups (broad SMARTS) is 2. The van der Waals surface area contributed by atoms with Crippen LogP contribution in [0, 0.1) is 0 Å². The number of carbonyl (C=O) groups excluding carboxylic acids is 2. The second-order valence-electron chi connectivity index (χ2n) is 9.34. The molecule has 17 nitrogen and oxygen atoms in total. The van der Waals surface area contributed by atoms with Gasteiger partial charge >= 0.3 is 115 Å². The van der Waals surface area contributed by atoms with Gasteiger partial charge in [0.25, 0.3) is 11.5 Å². The van der Waals surface area contributed by atoms with Gasteiger partial charge in [-0.05, 0) is 42.5 Å². The van der Waals surface area contributed by atoms with E-state index in [9.17, 15) is 24.0 Å². The molecule has 0 aliphatic carbocycles. The summed E-state index contributed by atoms with van der Waals surface area (Å²) in [5, 5.41) is 64.2. The molecule has 0 unspecified atom stereocenters. The number of anilines is 1. The van der Waals surface area contributed by atoms with Gasteiger partial charge in [-0.25, -0.2) is 4.79 Å². The Bertz CT molecular complexity index is 1470. The number of benzene rings is 1. The van der Waals surface area contributed by atoms with Crippen LogP contribution >= 0.6 is 0 Å². The predicted octanol–water partition coefficient (Wildman–Crippen LogP) is -4.01. The molecule has 0 aliphatic rings. The Morgan fingerprint density at radius 2 is 1.62 bits per heavy atom. The monoisotopic (exact) mass is 687 g/mol. The molecule has 2 aromatic heterocycles. The molecule has 0 fully saturated rings. The van der Waals surface area contributed by atoms with E-state index in [2.05, 4.69) is 20.3 Å². The molecule has 5 atom stereocenters. The number of aromatic amines is 2. The van der Waals surface area contributed by atoms with Crippen molar-refractivity contribution in [3.63, 3.8) is 0 Å². The first-order chi connectivity index (χ1) is 20.3. The maximum atomic E-state index is 12.3. The summed E-state index contributed by atoms with van der Waals surface area (Å²) in [6.07, 6.45) is -4.55. The van der Waals surface area contributed by atoms with Gasteiger partial charge in [0.15, 0.2) is 6.29 Å². The van der Waals surface area contributed by atoms with Crippen molar-refractivity contribution in [2.75, 3.05) is 12.3 Å². The SMILES string of the molecule is Nc1nc(=O)c2c(CCc3ccc(C(=O)N[C@@H](CCC(=O)O)C(=O)O)cc3)c[nH]c2[nH]1.O=C[C@H](O)[C@@H](O)[C@H](O)[C@H](O)CO.[KH].[KH]. The van der Waals surface area contributed by atoms with Gasteiger partial charge in [0.2, 0.25) is 5.95 Å². The molecule has 3 aromatic rings. The molecule has 0 saturated carbocycles. The van der Waals surface area contributed by atoms with Crippen LogP contribution in [0.2, 0.25) is 0 Å². The van der Waals surface area contributed by atoms with Crippen molar-refractivity contribution in [3.8, 4) is 0 Å². The molecule has 0 radical (unpaired) electrons. The molecule has 1 aromatic carbocycles. The van der Waals surface area contributed by atoms with E-state index in [-0.39, 0.29) is 133 Å². The second-order valence-corrected chi connectivity index (χ2v) is 9.34. The Labute approximate surface area is 340 Å². The number of aliphatic carboxylic acids is 2. The number of aryl methyl sites for hydroxylation is 2. The predicted molar refractivity (Wildman–Crippen MR) is 162 cm³/mol. The zero-order valence-corrected chi connectivity index (χ0v) is 22.6. The maximum absolute atomic E-state index is 12.3. The van der Waals surface area contributed by atoms with E-state index in [4.69, 9.17) is 41.5 Å². The van der Waals surface area contributed by atoms with Crippen LogP contribution in [-0.4, -0.2) is 215 Å². The van der Waals surface area contributed by atoms with Crippen molar-refractivity contribution in [1.82, 2.24) is 20.3 Å². The second kappa shape index (κ2) is 21.5. The average Bonchev–Trinajstić information content (AvgIpc) is 3.39. The molecule has 2 heterocycles. The zero-order chi connectivity index (χ0) is 32.3. The van der Waals surface area contributed by atoms with E-state index in [0.717, 1.165) is 11.1 Å². The fourth-order valence-electron chi connectivity index (χ4n) is 3.81. The van der Waals surface area contributed by atoms with Crippen molar-refractivity contribution in [3.05, 3.63) is 57.5 Å². The zero-order valence-electron chi connectivity index (χ0n) is 22.6. The fourth-order valence-corrected chi connectivity index (χ4v) is 3.81. The van der Waals surface area contributed by atoms with Crippen LogP contribution < -0.4 is 16.6 Å². The molecular weight excluding hydrogens is 653 g/mol. The number of H-pyrrole nitrogens is 2. The van der Waals surface area contributed by atoms with Crippen LogP contribution in [0.15, 0.2) is 35.3 Å². The molecule has 0 spiro atoms. The number of aromatic nitrogens is 3. The Morgan fingerprint density at radius 1 is 1.00 bits per heavy atom. The van der Waals surface area contributed by atoms with Crippen molar-refractivity contribution in [2.45, 2.75) is 56.1 Å². The first-order valence-electron chi connectivity index (χ1n) is 12.8. The van der Waals surface area contributed by atoms with Crippen molar-refractivity contribution in [1.29, 1.82) is 0 Å². The normalized spacial score (nSPS) is 13.8. The van der Waals surface area contributed by atoms with E-state index in [1.165, 1.54) is 0 Å². The summed E-state index contributed by atoms with van der Waals surface area (Å²) in [6.45, 7) is -0.760. The molecular formula is C26H35K2N5O12. The van der Waals surface area contributed by atoms with E-state index in [1.54, 1.807) is 30.5 Å².